The molecule has 20 heavy (non-hydrogen) atoms. The van der Waals surface area contributed by atoms with Crippen molar-refractivity contribution >= 4 is 0 Å². The van der Waals surface area contributed by atoms with Crippen LogP contribution in [-0.2, 0) is 16.8 Å². The van der Waals surface area contributed by atoms with Gasteiger partial charge in [0.15, 0.2) is 0 Å². The maximum atomic E-state index is 6.05. The van der Waals surface area contributed by atoms with Crippen molar-refractivity contribution < 1.29 is 9.26 Å². The van der Waals surface area contributed by atoms with Crippen molar-refractivity contribution in [2.45, 2.75) is 64.5 Å². The Morgan fingerprint density at radius 2 is 2.15 bits per heavy atom. The highest BCUT2D eigenvalue weighted by Crippen LogP contribution is 2.41. The minimum absolute atomic E-state index is 0.327. The van der Waals surface area contributed by atoms with Gasteiger partial charge in [-0.05, 0) is 52.5 Å². The first-order chi connectivity index (χ1) is 9.59. The molecule has 0 spiro atoms. The number of hydrogen-bond acceptors (Lipinski definition) is 5. The molecule has 1 fully saturated rings. The fourth-order valence-electron chi connectivity index (χ4n) is 2.82. The monoisotopic (exact) mass is 281 g/mol. The molecule has 0 bridgehead atoms. The Balaban J connectivity index is 2.13. The van der Waals surface area contributed by atoms with Crippen LogP contribution in [0, 0.1) is 5.92 Å². The minimum atomic E-state index is -0.327. The van der Waals surface area contributed by atoms with E-state index in [0.717, 1.165) is 43.8 Å². The third-order valence-corrected chi connectivity index (χ3v) is 4.35. The zero-order valence-electron chi connectivity index (χ0n) is 13.1. The third-order valence-electron chi connectivity index (χ3n) is 4.35. The van der Waals surface area contributed by atoms with Crippen LogP contribution in [0.2, 0.25) is 0 Å². The molecule has 5 nitrogen and oxygen atoms in total. The quantitative estimate of drug-likeness (QED) is 0.868. The van der Waals surface area contributed by atoms with Gasteiger partial charge in [0, 0.05) is 19.1 Å². The van der Waals surface area contributed by atoms with E-state index in [0.29, 0.717) is 18.5 Å². The van der Waals surface area contributed by atoms with Gasteiger partial charge in [-0.25, -0.2) is 0 Å². The largest absolute Gasteiger partial charge is 0.367 e. The summed E-state index contributed by atoms with van der Waals surface area (Å²) in [7, 11) is 1.94. The lowest BCUT2D eigenvalue weighted by atomic mass is 9.79. The third kappa shape index (κ3) is 3.38. The average Bonchev–Trinajstić information content (AvgIpc) is 2.91. The van der Waals surface area contributed by atoms with Crippen LogP contribution in [0.4, 0.5) is 0 Å². The van der Waals surface area contributed by atoms with Gasteiger partial charge >= 0.3 is 0 Å². The summed E-state index contributed by atoms with van der Waals surface area (Å²) in [5.74, 6) is 2.20. The molecule has 0 saturated heterocycles. The molecule has 1 N–H and O–H groups in total. The zero-order valence-corrected chi connectivity index (χ0v) is 13.1. The average molecular weight is 281 g/mol. The molecular weight excluding hydrogens is 254 g/mol. The molecule has 0 aromatic carbocycles. The second kappa shape index (κ2) is 6.68. The standard InChI is InChI=1S/C15H27N3O2/c1-5-19-15(8-6-11(2)7-9-15)14-17-13(20-18-14)10-12(3)16-4/h11-12,16H,5-10H2,1-4H3. The Morgan fingerprint density at radius 1 is 1.45 bits per heavy atom. The molecule has 1 aliphatic carbocycles. The van der Waals surface area contributed by atoms with E-state index >= 15 is 0 Å². The summed E-state index contributed by atoms with van der Waals surface area (Å²) in [6.45, 7) is 7.12. The van der Waals surface area contributed by atoms with Crippen molar-refractivity contribution in [2.24, 2.45) is 5.92 Å². The molecular formula is C15H27N3O2. The first-order valence-electron chi connectivity index (χ1n) is 7.74. The first kappa shape index (κ1) is 15.4. The molecule has 1 atom stereocenters. The molecule has 0 aliphatic heterocycles. The normalized spacial score (nSPS) is 28.5. The van der Waals surface area contributed by atoms with Crippen molar-refractivity contribution in [1.82, 2.24) is 15.5 Å². The van der Waals surface area contributed by atoms with Crippen molar-refractivity contribution in [1.29, 1.82) is 0 Å². The fourth-order valence-corrected chi connectivity index (χ4v) is 2.82. The van der Waals surface area contributed by atoms with E-state index in [1.54, 1.807) is 0 Å². The molecule has 2 rings (SSSR count). The molecule has 1 aromatic heterocycles. The van der Waals surface area contributed by atoms with E-state index in [1.807, 2.05) is 14.0 Å². The molecule has 1 aromatic rings. The minimum Gasteiger partial charge on any atom is -0.367 e. The number of nitrogens with zero attached hydrogens (tertiary/aromatic N) is 2. The van der Waals surface area contributed by atoms with Crippen LogP contribution < -0.4 is 5.32 Å². The van der Waals surface area contributed by atoms with Crippen molar-refractivity contribution in [3.8, 4) is 0 Å². The molecule has 0 amide bonds. The summed E-state index contributed by atoms with van der Waals surface area (Å²) in [5.41, 5.74) is -0.327. The smallest absolute Gasteiger partial charge is 0.228 e. The number of ether oxygens (including phenoxy) is 1. The zero-order chi connectivity index (χ0) is 14.6. The number of nitrogens with one attached hydrogen (secondary N) is 1. The summed E-state index contributed by atoms with van der Waals surface area (Å²) in [5, 5.41) is 7.39. The molecule has 0 radical (unpaired) electrons. The van der Waals surface area contributed by atoms with E-state index in [-0.39, 0.29) is 5.60 Å². The predicted molar refractivity (Wildman–Crippen MR) is 77.5 cm³/mol. The van der Waals surface area contributed by atoms with E-state index in [2.05, 4.69) is 29.3 Å². The van der Waals surface area contributed by atoms with Crippen LogP contribution in [0.5, 0.6) is 0 Å². The van der Waals surface area contributed by atoms with Crippen molar-refractivity contribution in [2.75, 3.05) is 13.7 Å². The van der Waals surface area contributed by atoms with Crippen molar-refractivity contribution in [3.05, 3.63) is 11.7 Å². The van der Waals surface area contributed by atoms with E-state index in [4.69, 9.17) is 9.26 Å². The highest BCUT2D eigenvalue weighted by molar-refractivity contribution is 5.04. The van der Waals surface area contributed by atoms with Crippen molar-refractivity contribution in [3.63, 3.8) is 0 Å². The SMILES string of the molecule is CCOC1(c2noc(CC(C)NC)n2)CCC(C)CC1. The van der Waals surface area contributed by atoms with Gasteiger partial charge in [0.2, 0.25) is 11.7 Å². The molecule has 1 heterocycles. The van der Waals surface area contributed by atoms with Gasteiger partial charge in [0.1, 0.15) is 5.60 Å². The van der Waals surface area contributed by atoms with Crippen LogP contribution in [0.15, 0.2) is 4.52 Å². The Morgan fingerprint density at radius 3 is 2.75 bits per heavy atom. The highest BCUT2D eigenvalue weighted by Gasteiger charge is 2.40. The Kier molecular flexibility index (Phi) is 5.16. The molecule has 1 aliphatic rings. The Bertz CT molecular complexity index is 411. The fraction of sp³-hybridized carbons (Fsp3) is 0.867. The van der Waals surface area contributed by atoms with Crippen LogP contribution in [0.3, 0.4) is 0 Å². The lowest BCUT2D eigenvalue weighted by Gasteiger charge is -2.36. The van der Waals surface area contributed by atoms with E-state index in [9.17, 15) is 0 Å². The summed E-state index contributed by atoms with van der Waals surface area (Å²) < 4.78 is 11.5. The van der Waals surface area contributed by atoms with Gasteiger partial charge in [-0.3, -0.25) is 0 Å². The van der Waals surface area contributed by atoms with Gasteiger partial charge in [-0.1, -0.05) is 12.1 Å². The molecule has 1 saturated carbocycles. The second-order valence-corrected chi connectivity index (χ2v) is 6.02. The predicted octanol–water partition coefficient (Wildman–Crippen LogP) is 2.66. The lowest BCUT2D eigenvalue weighted by Crippen LogP contribution is -2.35. The van der Waals surface area contributed by atoms with Gasteiger partial charge in [0.05, 0.1) is 0 Å². The summed E-state index contributed by atoms with van der Waals surface area (Å²) in [6.07, 6.45) is 5.06. The van der Waals surface area contributed by atoms with Crippen LogP contribution >= 0.6 is 0 Å². The Hall–Kier alpha value is -0.940. The van der Waals surface area contributed by atoms with Gasteiger partial charge < -0.3 is 14.6 Å². The van der Waals surface area contributed by atoms with E-state index < -0.39 is 0 Å². The van der Waals surface area contributed by atoms with Gasteiger partial charge in [-0.15, -0.1) is 0 Å². The maximum absolute atomic E-state index is 6.05. The second-order valence-electron chi connectivity index (χ2n) is 6.02. The highest BCUT2D eigenvalue weighted by atomic mass is 16.5. The van der Waals surface area contributed by atoms with Crippen LogP contribution in [0.1, 0.15) is 58.2 Å². The van der Waals surface area contributed by atoms with Crippen LogP contribution in [-0.4, -0.2) is 29.8 Å². The lowest BCUT2D eigenvalue weighted by molar-refractivity contribution is -0.0847. The maximum Gasteiger partial charge on any atom is 0.228 e. The first-order valence-corrected chi connectivity index (χ1v) is 7.74. The number of rotatable bonds is 6. The topological polar surface area (TPSA) is 60.2 Å². The van der Waals surface area contributed by atoms with Gasteiger partial charge in [0.25, 0.3) is 0 Å². The van der Waals surface area contributed by atoms with E-state index in [1.165, 1.54) is 0 Å². The summed E-state index contributed by atoms with van der Waals surface area (Å²) >= 11 is 0. The number of likely N-dealkylation sites (N-methyl/N-ethyl adjacent to an activating group) is 1. The van der Waals surface area contributed by atoms with Crippen LogP contribution in [0.25, 0.3) is 0 Å². The summed E-state index contributed by atoms with van der Waals surface area (Å²) in [6, 6.07) is 0.331. The van der Waals surface area contributed by atoms with Gasteiger partial charge in [-0.2, -0.15) is 4.98 Å². The number of aromatic nitrogens is 2. The Labute approximate surface area is 121 Å². The molecule has 114 valence electrons. The molecule has 5 heteroatoms. The summed E-state index contributed by atoms with van der Waals surface area (Å²) in [4.78, 5) is 4.59. The number of hydrogen-bond donors (Lipinski definition) is 1. The molecule has 1 unspecified atom stereocenters.